The van der Waals surface area contributed by atoms with Crippen molar-refractivity contribution in [2.24, 2.45) is 0 Å². The van der Waals surface area contributed by atoms with Crippen molar-refractivity contribution in [3.8, 4) is 0 Å². The van der Waals surface area contributed by atoms with E-state index in [9.17, 15) is 0 Å². The Morgan fingerprint density at radius 2 is 1.95 bits per heavy atom. The zero-order chi connectivity index (χ0) is 15.1. The van der Waals surface area contributed by atoms with Crippen LogP contribution < -0.4 is 10.2 Å². The molecule has 0 amide bonds. The third-order valence-electron chi connectivity index (χ3n) is 2.87. The maximum Gasteiger partial charge on any atom is 0.135 e. The summed E-state index contributed by atoms with van der Waals surface area (Å²) in [7, 11) is 2.03. The molecule has 0 spiro atoms. The summed E-state index contributed by atoms with van der Waals surface area (Å²) in [6.45, 7) is 12.7. The van der Waals surface area contributed by atoms with Crippen LogP contribution in [0.3, 0.4) is 0 Å². The van der Waals surface area contributed by atoms with Gasteiger partial charge in [-0.15, -0.1) is 0 Å². The van der Waals surface area contributed by atoms with Crippen molar-refractivity contribution in [2.75, 3.05) is 37.0 Å². The van der Waals surface area contributed by atoms with Gasteiger partial charge in [0, 0.05) is 32.1 Å². The van der Waals surface area contributed by atoms with E-state index in [4.69, 9.17) is 4.74 Å². The van der Waals surface area contributed by atoms with Gasteiger partial charge in [0.25, 0.3) is 0 Å². The third-order valence-corrected chi connectivity index (χ3v) is 2.87. The maximum atomic E-state index is 5.59. The van der Waals surface area contributed by atoms with Gasteiger partial charge in [0.05, 0.1) is 12.7 Å². The Kier molecular flexibility index (Phi) is 6.71. The smallest absolute Gasteiger partial charge is 0.135 e. The molecule has 0 saturated carbocycles. The van der Waals surface area contributed by atoms with Crippen LogP contribution in [0.25, 0.3) is 0 Å². The van der Waals surface area contributed by atoms with Crippen molar-refractivity contribution >= 4 is 11.6 Å². The predicted molar refractivity (Wildman–Crippen MR) is 84.6 cm³/mol. The SMILES string of the molecule is CCNc1cc(N(C)CCOC(C)C)nc(C(C)C)n1. The number of hydrogen-bond acceptors (Lipinski definition) is 5. The lowest BCUT2D eigenvalue weighted by molar-refractivity contribution is 0.0845. The van der Waals surface area contributed by atoms with Gasteiger partial charge in [-0.2, -0.15) is 0 Å². The molecular weight excluding hydrogens is 252 g/mol. The summed E-state index contributed by atoms with van der Waals surface area (Å²) in [5, 5.41) is 3.26. The highest BCUT2D eigenvalue weighted by atomic mass is 16.5. The minimum Gasteiger partial charge on any atom is -0.377 e. The van der Waals surface area contributed by atoms with E-state index in [2.05, 4.69) is 41.0 Å². The molecule has 1 aromatic rings. The number of anilines is 2. The van der Waals surface area contributed by atoms with Gasteiger partial charge in [0.2, 0.25) is 0 Å². The zero-order valence-corrected chi connectivity index (χ0v) is 13.6. The molecule has 0 saturated heterocycles. The number of nitrogens with one attached hydrogen (secondary N) is 1. The van der Waals surface area contributed by atoms with Crippen LogP contribution in [0.2, 0.25) is 0 Å². The number of nitrogens with zero attached hydrogens (tertiary/aromatic N) is 3. The second-order valence-electron chi connectivity index (χ2n) is 5.50. The zero-order valence-electron chi connectivity index (χ0n) is 13.6. The van der Waals surface area contributed by atoms with Crippen molar-refractivity contribution in [1.82, 2.24) is 9.97 Å². The second kappa shape index (κ2) is 8.04. The average Bonchev–Trinajstić information content (AvgIpc) is 2.38. The van der Waals surface area contributed by atoms with E-state index in [1.165, 1.54) is 0 Å². The third kappa shape index (κ3) is 5.33. The monoisotopic (exact) mass is 280 g/mol. The molecule has 1 aromatic heterocycles. The molecule has 5 nitrogen and oxygen atoms in total. The molecule has 5 heteroatoms. The minimum absolute atomic E-state index is 0.261. The average molecular weight is 280 g/mol. The Hall–Kier alpha value is -1.36. The molecule has 0 radical (unpaired) electrons. The summed E-state index contributed by atoms with van der Waals surface area (Å²) in [6.07, 6.45) is 0.261. The van der Waals surface area contributed by atoms with Gasteiger partial charge in [-0.1, -0.05) is 13.8 Å². The molecule has 20 heavy (non-hydrogen) atoms. The lowest BCUT2D eigenvalue weighted by Gasteiger charge is -2.21. The molecule has 1 rings (SSSR count). The Balaban J connectivity index is 2.80. The van der Waals surface area contributed by atoms with Gasteiger partial charge in [0.1, 0.15) is 17.5 Å². The Labute approximate surface area is 122 Å². The van der Waals surface area contributed by atoms with Crippen molar-refractivity contribution < 1.29 is 4.74 Å². The first-order chi connectivity index (χ1) is 9.43. The molecule has 0 aliphatic heterocycles. The molecule has 0 aromatic carbocycles. The fourth-order valence-electron chi connectivity index (χ4n) is 1.72. The molecule has 114 valence electrons. The van der Waals surface area contributed by atoms with Crippen molar-refractivity contribution in [2.45, 2.75) is 46.6 Å². The van der Waals surface area contributed by atoms with E-state index in [0.717, 1.165) is 30.5 Å². The molecule has 0 fully saturated rings. The summed E-state index contributed by atoms with van der Waals surface area (Å²) < 4.78 is 5.59. The van der Waals surface area contributed by atoms with E-state index in [1.54, 1.807) is 0 Å². The molecule has 1 N–H and O–H groups in total. The van der Waals surface area contributed by atoms with Gasteiger partial charge in [-0.25, -0.2) is 9.97 Å². The summed E-state index contributed by atoms with van der Waals surface area (Å²) in [6, 6.07) is 1.99. The normalized spacial score (nSPS) is 11.2. The van der Waals surface area contributed by atoms with Crippen LogP contribution in [0.15, 0.2) is 6.07 Å². The number of rotatable bonds is 8. The number of ether oxygens (including phenoxy) is 1. The molecule has 0 unspecified atom stereocenters. The minimum atomic E-state index is 0.261. The first-order valence-corrected chi connectivity index (χ1v) is 7.39. The molecule has 0 aliphatic carbocycles. The van der Waals surface area contributed by atoms with Crippen LogP contribution in [-0.2, 0) is 4.74 Å². The predicted octanol–water partition coefficient (Wildman–Crippen LogP) is 2.89. The molecule has 0 atom stereocenters. The fraction of sp³-hybridized carbons (Fsp3) is 0.733. The van der Waals surface area contributed by atoms with Crippen LogP contribution >= 0.6 is 0 Å². The van der Waals surface area contributed by atoms with Crippen molar-refractivity contribution in [3.05, 3.63) is 11.9 Å². The van der Waals surface area contributed by atoms with Crippen LogP contribution in [0.5, 0.6) is 0 Å². The Morgan fingerprint density at radius 3 is 2.50 bits per heavy atom. The van der Waals surface area contributed by atoms with Gasteiger partial charge in [-0.05, 0) is 20.8 Å². The highest BCUT2D eigenvalue weighted by Gasteiger charge is 2.11. The number of aromatic nitrogens is 2. The van der Waals surface area contributed by atoms with Gasteiger partial charge in [-0.3, -0.25) is 0 Å². The van der Waals surface area contributed by atoms with E-state index in [1.807, 2.05) is 27.0 Å². The van der Waals surface area contributed by atoms with E-state index < -0.39 is 0 Å². The number of likely N-dealkylation sites (N-methyl/N-ethyl adjacent to an activating group) is 1. The first kappa shape index (κ1) is 16.7. The molecule has 0 aliphatic rings. The first-order valence-electron chi connectivity index (χ1n) is 7.39. The highest BCUT2D eigenvalue weighted by molar-refractivity contribution is 5.49. The summed E-state index contributed by atoms with van der Waals surface area (Å²) >= 11 is 0. The van der Waals surface area contributed by atoms with Crippen molar-refractivity contribution in [1.29, 1.82) is 0 Å². The summed E-state index contributed by atoms with van der Waals surface area (Å²) in [5.41, 5.74) is 0. The maximum absolute atomic E-state index is 5.59. The highest BCUT2D eigenvalue weighted by Crippen LogP contribution is 2.19. The van der Waals surface area contributed by atoms with Crippen LogP contribution in [0.4, 0.5) is 11.6 Å². The standard InChI is InChI=1S/C15H28N4O/c1-7-16-13-10-14(18-15(17-13)11(2)3)19(6)8-9-20-12(4)5/h10-12H,7-9H2,1-6H3,(H,16,17,18). The largest absolute Gasteiger partial charge is 0.377 e. The molecule has 0 bridgehead atoms. The quantitative estimate of drug-likeness (QED) is 0.793. The Bertz CT molecular complexity index is 407. The van der Waals surface area contributed by atoms with E-state index in [0.29, 0.717) is 12.5 Å². The van der Waals surface area contributed by atoms with Crippen LogP contribution in [-0.4, -0.2) is 42.8 Å². The van der Waals surface area contributed by atoms with Gasteiger partial charge in [0.15, 0.2) is 0 Å². The van der Waals surface area contributed by atoms with Gasteiger partial charge >= 0.3 is 0 Å². The second-order valence-corrected chi connectivity index (χ2v) is 5.50. The lowest BCUT2D eigenvalue weighted by atomic mass is 10.2. The molecular formula is C15H28N4O. The van der Waals surface area contributed by atoms with E-state index >= 15 is 0 Å². The Morgan fingerprint density at radius 1 is 1.25 bits per heavy atom. The summed E-state index contributed by atoms with van der Waals surface area (Å²) in [5.74, 6) is 3.01. The van der Waals surface area contributed by atoms with Gasteiger partial charge < -0.3 is 15.0 Å². The van der Waals surface area contributed by atoms with Crippen molar-refractivity contribution in [3.63, 3.8) is 0 Å². The lowest BCUT2D eigenvalue weighted by Crippen LogP contribution is -2.25. The summed E-state index contributed by atoms with van der Waals surface area (Å²) in [4.78, 5) is 11.3. The fourth-order valence-corrected chi connectivity index (χ4v) is 1.72. The van der Waals surface area contributed by atoms with E-state index in [-0.39, 0.29) is 6.10 Å². The van der Waals surface area contributed by atoms with Crippen LogP contribution in [0.1, 0.15) is 46.4 Å². The molecule has 1 heterocycles. The topological polar surface area (TPSA) is 50.3 Å². The van der Waals surface area contributed by atoms with Crippen LogP contribution in [0, 0.1) is 0 Å². The number of hydrogen-bond donors (Lipinski definition) is 1.